The molecular weight excluding hydrogens is 244 g/mol. The number of ether oxygens (including phenoxy) is 1. The van der Waals surface area contributed by atoms with E-state index in [1.807, 2.05) is 18.2 Å². The lowest BCUT2D eigenvalue weighted by Crippen LogP contribution is -1.91. The van der Waals surface area contributed by atoms with Crippen LogP contribution in [0.25, 0.3) is 22.8 Å². The van der Waals surface area contributed by atoms with Crippen molar-refractivity contribution in [2.75, 3.05) is 7.11 Å². The lowest BCUT2D eigenvalue weighted by Gasteiger charge is -2.01. The fourth-order valence-electron chi connectivity index (χ4n) is 1.66. The minimum Gasteiger partial charge on any atom is -0.480 e. The molecule has 94 valence electrons. The molecule has 0 radical (unpaired) electrons. The molecule has 0 atom stereocenters. The van der Waals surface area contributed by atoms with Gasteiger partial charge < -0.3 is 9.26 Å². The van der Waals surface area contributed by atoms with Crippen molar-refractivity contribution in [3.8, 4) is 28.7 Å². The van der Waals surface area contributed by atoms with Crippen molar-refractivity contribution >= 4 is 0 Å². The molecule has 3 aromatic rings. The van der Waals surface area contributed by atoms with Gasteiger partial charge in [-0.05, 0) is 24.3 Å². The van der Waals surface area contributed by atoms with Gasteiger partial charge in [0.15, 0.2) is 0 Å². The van der Waals surface area contributed by atoms with Gasteiger partial charge in [0.1, 0.15) is 0 Å². The first-order valence-corrected chi connectivity index (χ1v) is 5.62. The van der Waals surface area contributed by atoms with Gasteiger partial charge in [-0.2, -0.15) is 4.98 Å². The molecule has 0 N–H and O–H groups in total. The van der Waals surface area contributed by atoms with E-state index in [2.05, 4.69) is 20.1 Å². The number of methoxy groups -OCH3 is 1. The van der Waals surface area contributed by atoms with Gasteiger partial charge in [0.25, 0.3) is 5.89 Å². The average molecular weight is 254 g/mol. The summed E-state index contributed by atoms with van der Waals surface area (Å²) in [5.74, 6) is 1.30. The van der Waals surface area contributed by atoms with Gasteiger partial charge in [-0.15, -0.1) is 0 Å². The van der Waals surface area contributed by atoms with E-state index in [0.29, 0.717) is 23.2 Å². The summed E-state index contributed by atoms with van der Waals surface area (Å²) >= 11 is 0. The molecule has 0 aromatic carbocycles. The molecule has 0 unspecified atom stereocenters. The number of hydrogen-bond donors (Lipinski definition) is 0. The fraction of sp³-hybridized carbons (Fsp3) is 0.0769. The van der Waals surface area contributed by atoms with Crippen molar-refractivity contribution in [1.29, 1.82) is 0 Å². The largest absolute Gasteiger partial charge is 0.480 e. The summed E-state index contributed by atoms with van der Waals surface area (Å²) in [4.78, 5) is 12.4. The number of hydrogen-bond acceptors (Lipinski definition) is 6. The van der Waals surface area contributed by atoms with Crippen LogP contribution in [0.5, 0.6) is 5.88 Å². The Morgan fingerprint density at radius 2 is 2.05 bits per heavy atom. The summed E-state index contributed by atoms with van der Waals surface area (Å²) in [5.41, 5.74) is 1.45. The second-order valence-electron chi connectivity index (χ2n) is 3.73. The Morgan fingerprint density at radius 3 is 2.84 bits per heavy atom. The van der Waals surface area contributed by atoms with Gasteiger partial charge >= 0.3 is 0 Å². The predicted octanol–water partition coefficient (Wildman–Crippen LogP) is 2.20. The Hall–Kier alpha value is -2.76. The lowest BCUT2D eigenvalue weighted by molar-refractivity contribution is 0.398. The molecule has 0 aliphatic carbocycles. The van der Waals surface area contributed by atoms with Crippen LogP contribution in [0.2, 0.25) is 0 Å². The van der Waals surface area contributed by atoms with E-state index in [4.69, 9.17) is 9.26 Å². The molecule has 3 aromatic heterocycles. The molecule has 3 rings (SSSR count). The fourth-order valence-corrected chi connectivity index (χ4v) is 1.66. The third-order valence-corrected chi connectivity index (χ3v) is 2.54. The van der Waals surface area contributed by atoms with Crippen LogP contribution in [0, 0.1) is 0 Å². The van der Waals surface area contributed by atoms with E-state index in [9.17, 15) is 0 Å². The van der Waals surface area contributed by atoms with E-state index >= 15 is 0 Å². The van der Waals surface area contributed by atoms with Crippen molar-refractivity contribution in [2.45, 2.75) is 0 Å². The second kappa shape index (κ2) is 4.85. The van der Waals surface area contributed by atoms with Crippen molar-refractivity contribution in [2.24, 2.45) is 0 Å². The first-order chi connectivity index (χ1) is 9.38. The number of nitrogens with zero attached hydrogens (tertiary/aromatic N) is 4. The molecule has 0 aliphatic heterocycles. The molecular formula is C13H10N4O2. The summed E-state index contributed by atoms with van der Waals surface area (Å²) in [5, 5.41) is 3.94. The molecule has 6 heteroatoms. The maximum Gasteiger partial charge on any atom is 0.259 e. The predicted molar refractivity (Wildman–Crippen MR) is 67.3 cm³/mol. The maximum atomic E-state index is 5.22. The molecule has 0 saturated carbocycles. The van der Waals surface area contributed by atoms with Gasteiger partial charge in [0.05, 0.1) is 18.2 Å². The zero-order valence-corrected chi connectivity index (χ0v) is 10.1. The SMILES string of the molecule is COc1ncccc1-c1noc(-c2cccnc2)n1. The zero-order valence-electron chi connectivity index (χ0n) is 10.1. The highest BCUT2D eigenvalue weighted by atomic mass is 16.5. The minimum absolute atomic E-state index is 0.411. The molecule has 0 saturated heterocycles. The highest BCUT2D eigenvalue weighted by Gasteiger charge is 2.14. The summed E-state index contributed by atoms with van der Waals surface area (Å²) in [6.45, 7) is 0. The van der Waals surface area contributed by atoms with Gasteiger partial charge in [-0.25, -0.2) is 4.98 Å². The normalized spacial score (nSPS) is 10.4. The highest BCUT2D eigenvalue weighted by molar-refractivity contribution is 5.63. The standard InChI is InChI=1S/C13H10N4O2/c1-18-13-10(5-3-7-15-13)11-16-12(19-17-11)9-4-2-6-14-8-9/h2-8H,1H3. The number of aromatic nitrogens is 4. The third-order valence-electron chi connectivity index (χ3n) is 2.54. The molecule has 0 bridgehead atoms. The molecule has 6 nitrogen and oxygen atoms in total. The lowest BCUT2D eigenvalue weighted by atomic mass is 10.2. The van der Waals surface area contributed by atoms with Crippen LogP contribution >= 0.6 is 0 Å². The van der Waals surface area contributed by atoms with E-state index < -0.39 is 0 Å². The van der Waals surface area contributed by atoms with Crippen LogP contribution in [0.15, 0.2) is 47.4 Å². The smallest absolute Gasteiger partial charge is 0.259 e. The zero-order chi connectivity index (χ0) is 13.1. The summed E-state index contributed by atoms with van der Waals surface area (Å²) < 4.78 is 10.4. The van der Waals surface area contributed by atoms with Gasteiger partial charge in [-0.3, -0.25) is 4.98 Å². The molecule has 3 heterocycles. The van der Waals surface area contributed by atoms with E-state index in [0.717, 1.165) is 5.56 Å². The van der Waals surface area contributed by atoms with Gasteiger partial charge in [0.2, 0.25) is 11.7 Å². The second-order valence-corrected chi connectivity index (χ2v) is 3.73. The third kappa shape index (κ3) is 2.15. The Kier molecular flexibility index (Phi) is 2.89. The molecule has 0 amide bonds. The van der Waals surface area contributed by atoms with Crippen LogP contribution in [-0.2, 0) is 0 Å². The van der Waals surface area contributed by atoms with Crippen LogP contribution in [0.3, 0.4) is 0 Å². The highest BCUT2D eigenvalue weighted by Crippen LogP contribution is 2.26. The summed E-state index contributed by atoms with van der Waals surface area (Å²) in [7, 11) is 1.55. The topological polar surface area (TPSA) is 73.9 Å². The van der Waals surface area contributed by atoms with Gasteiger partial charge in [-0.1, -0.05) is 5.16 Å². The molecule has 0 aliphatic rings. The van der Waals surface area contributed by atoms with Crippen molar-refractivity contribution in [1.82, 2.24) is 20.1 Å². The summed E-state index contributed by atoms with van der Waals surface area (Å²) in [6.07, 6.45) is 4.99. The van der Waals surface area contributed by atoms with Crippen LogP contribution < -0.4 is 4.74 Å². The Bertz CT molecular complexity index is 682. The van der Waals surface area contributed by atoms with Crippen LogP contribution in [0.1, 0.15) is 0 Å². The van der Waals surface area contributed by atoms with Crippen LogP contribution in [0.4, 0.5) is 0 Å². The Labute approximate surface area is 109 Å². The Morgan fingerprint density at radius 1 is 1.16 bits per heavy atom. The first kappa shape index (κ1) is 11.3. The Balaban J connectivity index is 2.02. The quantitative estimate of drug-likeness (QED) is 0.713. The van der Waals surface area contributed by atoms with Crippen LogP contribution in [-0.4, -0.2) is 27.2 Å². The van der Waals surface area contributed by atoms with Crippen molar-refractivity contribution in [3.05, 3.63) is 42.9 Å². The first-order valence-electron chi connectivity index (χ1n) is 5.62. The summed E-state index contributed by atoms with van der Waals surface area (Å²) in [6, 6.07) is 7.27. The molecule has 0 fully saturated rings. The van der Waals surface area contributed by atoms with E-state index in [1.54, 1.807) is 31.8 Å². The maximum absolute atomic E-state index is 5.22. The van der Waals surface area contributed by atoms with Gasteiger partial charge in [0, 0.05) is 18.6 Å². The van der Waals surface area contributed by atoms with Crippen molar-refractivity contribution in [3.63, 3.8) is 0 Å². The minimum atomic E-state index is 0.411. The van der Waals surface area contributed by atoms with Crippen molar-refractivity contribution < 1.29 is 9.26 Å². The van der Waals surface area contributed by atoms with E-state index in [-0.39, 0.29) is 0 Å². The average Bonchev–Trinajstić information content (AvgIpc) is 2.98. The monoisotopic (exact) mass is 254 g/mol. The molecule has 19 heavy (non-hydrogen) atoms. The molecule has 0 spiro atoms. The number of pyridine rings is 2. The van der Waals surface area contributed by atoms with E-state index in [1.165, 1.54) is 0 Å². The number of rotatable bonds is 3.